The number of halogens is 1. The molecule has 3 aromatic carbocycles. The van der Waals surface area contributed by atoms with Crippen molar-refractivity contribution in [2.75, 3.05) is 5.32 Å². The largest absolute Gasteiger partial charge is 0.361 e. The second kappa shape index (κ2) is 6.84. The van der Waals surface area contributed by atoms with Crippen molar-refractivity contribution in [3.63, 3.8) is 0 Å². The van der Waals surface area contributed by atoms with Crippen LogP contribution in [0.25, 0.3) is 22.0 Å². The fourth-order valence-electron chi connectivity index (χ4n) is 3.09. The molecule has 0 saturated heterocycles. The van der Waals surface area contributed by atoms with Gasteiger partial charge in [0.15, 0.2) is 0 Å². The first kappa shape index (κ1) is 16.1. The van der Waals surface area contributed by atoms with Gasteiger partial charge in [0.1, 0.15) is 5.82 Å². The van der Waals surface area contributed by atoms with Crippen LogP contribution in [0, 0.1) is 5.82 Å². The Morgan fingerprint density at radius 1 is 0.962 bits per heavy atom. The maximum atomic E-state index is 13.0. The molecule has 1 aromatic heterocycles. The average molecular weight is 344 g/mol. The molecule has 4 aromatic rings. The van der Waals surface area contributed by atoms with Gasteiger partial charge in [-0.25, -0.2) is 4.39 Å². The Kier molecular flexibility index (Phi) is 4.23. The molecule has 4 rings (SSSR count). The number of carbonyl (C=O) groups excluding carboxylic acids is 1. The van der Waals surface area contributed by atoms with Crippen LogP contribution in [0.3, 0.4) is 0 Å². The summed E-state index contributed by atoms with van der Waals surface area (Å²) in [6.07, 6.45) is 2.13. The van der Waals surface area contributed by atoms with Gasteiger partial charge in [-0.1, -0.05) is 36.4 Å². The van der Waals surface area contributed by atoms with Gasteiger partial charge < -0.3 is 10.3 Å². The molecule has 0 radical (unpaired) electrons. The summed E-state index contributed by atoms with van der Waals surface area (Å²) in [5, 5.41) is 4.06. The summed E-state index contributed by atoms with van der Waals surface area (Å²) in [6, 6.07) is 21.9. The van der Waals surface area contributed by atoms with Gasteiger partial charge in [-0.15, -0.1) is 0 Å². The van der Waals surface area contributed by atoms with Crippen molar-refractivity contribution in [1.82, 2.24) is 4.98 Å². The Balaban J connectivity index is 1.55. The fourth-order valence-corrected chi connectivity index (χ4v) is 3.09. The number of hydrogen-bond donors (Lipinski definition) is 2. The molecule has 0 saturated carbocycles. The van der Waals surface area contributed by atoms with E-state index >= 15 is 0 Å². The van der Waals surface area contributed by atoms with E-state index in [2.05, 4.69) is 16.4 Å². The van der Waals surface area contributed by atoms with Crippen LogP contribution in [0.1, 0.15) is 5.56 Å². The van der Waals surface area contributed by atoms with Crippen molar-refractivity contribution in [3.8, 4) is 11.1 Å². The Hall–Kier alpha value is -3.40. The number of nitrogens with one attached hydrogen (secondary N) is 2. The number of hydrogen-bond acceptors (Lipinski definition) is 1. The van der Waals surface area contributed by atoms with Gasteiger partial charge in [0.2, 0.25) is 5.91 Å². The fraction of sp³-hybridized carbons (Fsp3) is 0.0455. The normalized spacial score (nSPS) is 10.8. The molecule has 0 bridgehead atoms. The molecule has 3 nitrogen and oxygen atoms in total. The molecule has 4 heteroatoms. The van der Waals surface area contributed by atoms with Crippen molar-refractivity contribution in [3.05, 3.63) is 90.4 Å². The SMILES string of the molecule is O=C(Cc1ccc(F)cc1)Nc1cccc(-c2cccc3[nH]ccc23)c1. The first-order valence-corrected chi connectivity index (χ1v) is 8.40. The third-order valence-electron chi connectivity index (χ3n) is 4.33. The van der Waals surface area contributed by atoms with Crippen molar-refractivity contribution in [2.24, 2.45) is 0 Å². The molecule has 1 amide bonds. The van der Waals surface area contributed by atoms with Gasteiger partial charge in [0, 0.05) is 22.8 Å². The third kappa shape index (κ3) is 3.35. The topological polar surface area (TPSA) is 44.9 Å². The quantitative estimate of drug-likeness (QED) is 0.528. The molecule has 0 fully saturated rings. The zero-order valence-corrected chi connectivity index (χ0v) is 14.0. The van der Waals surface area contributed by atoms with Crippen molar-refractivity contribution < 1.29 is 9.18 Å². The maximum Gasteiger partial charge on any atom is 0.228 e. The van der Waals surface area contributed by atoms with E-state index in [-0.39, 0.29) is 18.1 Å². The molecule has 128 valence electrons. The van der Waals surface area contributed by atoms with E-state index in [1.807, 2.05) is 48.7 Å². The summed E-state index contributed by atoms with van der Waals surface area (Å²) in [6.45, 7) is 0. The molecule has 2 N–H and O–H groups in total. The minimum absolute atomic E-state index is 0.131. The lowest BCUT2D eigenvalue weighted by Gasteiger charge is -2.09. The zero-order chi connectivity index (χ0) is 17.9. The summed E-state index contributed by atoms with van der Waals surface area (Å²) in [5.41, 5.74) is 4.74. The van der Waals surface area contributed by atoms with E-state index in [0.717, 1.165) is 33.3 Å². The monoisotopic (exact) mass is 344 g/mol. The van der Waals surface area contributed by atoms with Crippen LogP contribution in [-0.2, 0) is 11.2 Å². The van der Waals surface area contributed by atoms with Gasteiger partial charge in [-0.2, -0.15) is 0 Å². The third-order valence-corrected chi connectivity index (χ3v) is 4.33. The standard InChI is InChI=1S/C22H17FN2O/c23-17-9-7-15(8-10-17)13-22(26)25-18-4-1-3-16(14-18)19-5-2-6-21-20(19)11-12-24-21/h1-12,14,24H,13H2,(H,25,26). The lowest BCUT2D eigenvalue weighted by atomic mass is 10.0. The Morgan fingerprint density at radius 3 is 2.62 bits per heavy atom. The smallest absolute Gasteiger partial charge is 0.228 e. The predicted molar refractivity (Wildman–Crippen MR) is 102 cm³/mol. The highest BCUT2D eigenvalue weighted by atomic mass is 19.1. The molecular formula is C22H17FN2O. The van der Waals surface area contributed by atoms with E-state index in [0.29, 0.717) is 0 Å². The number of aromatic amines is 1. The van der Waals surface area contributed by atoms with Crippen molar-refractivity contribution in [2.45, 2.75) is 6.42 Å². The number of H-pyrrole nitrogens is 1. The number of amides is 1. The van der Waals surface area contributed by atoms with Gasteiger partial charge in [-0.05, 0) is 53.1 Å². The Bertz CT molecular complexity index is 1070. The minimum atomic E-state index is -0.305. The van der Waals surface area contributed by atoms with Crippen molar-refractivity contribution in [1.29, 1.82) is 0 Å². The highest BCUT2D eigenvalue weighted by Crippen LogP contribution is 2.29. The Morgan fingerprint density at radius 2 is 1.77 bits per heavy atom. The van der Waals surface area contributed by atoms with E-state index in [9.17, 15) is 9.18 Å². The second-order valence-corrected chi connectivity index (χ2v) is 6.18. The van der Waals surface area contributed by atoms with E-state index in [4.69, 9.17) is 0 Å². The molecule has 0 atom stereocenters. The van der Waals surface area contributed by atoms with Gasteiger partial charge in [-0.3, -0.25) is 4.79 Å². The number of fused-ring (bicyclic) bond motifs is 1. The maximum absolute atomic E-state index is 13.0. The van der Waals surface area contributed by atoms with Crippen LogP contribution in [0.4, 0.5) is 10.1 Å². The molecule has 0 aliphatic rings. The van der Waals surface area contributed by atoms with Crippen molar-refractivity contribution >= 4 is 22.5 Å². The van der Waals surface area contributed by atoms with Crippen LogP contribution >= 0.6 is 0 Å². The average Bonchev–Trinajstić information content (AvgIpc) is 3.12. The molecule has 26 heavy (non-hydrogen) atoms. The summed E-state index contributed by atoms with van der Waals surface area (Å²) in [4.78, 5) is 15.5. The van der Waals surface area contributed by atoms with E-state index in [1.54, 1.807) is 12.1 Å². The van der Waals surface area contributed by atoms with Crippen LogP contribution in [-0.4, -0.2) is 10.9 Å². The summed E-state index contributed by atoms with van der Waals surface area (Å²) >= 11 is 0. The van der Waals surface area contributed by atoms with Gasteiger partial charge in [0.25, 0.3) is 0 Å². The molecule has 0 aliphatic heterocycles. The van der Waals surface area contributed by atoms with Crippen LogP contribution < -0.4 is 5.32 Å². The van der Waals surface area contributed by atoms with Crippen LogP contribution in [0.15, 0.2) is 79.0 Å². The second-order valence-electron chi connectivity index (χ2n) is 6.18. The number of rotatable bonds is 4. The van der Waals surface area contributed by atoms with Gasteiger partial charge in [0.05, 0.1) is 6.42 Å². The lowest BCUT2D eigenvalue weighted by Crippen LogP contribution is -2.14. The summed E-state index contributed by atoms with van der Waals surface area (Å²) in [5.74, 6) is -0.436. The number of anilines is 1. The number of aromatic nitrogens is 1. The van der Waals surface area contributed by atoms with E-state index < -0.39 is 0 Å². The number of carbonyl (C=O) groups is 1. The highest BCUT2D eigenvalue weighted by molar-refractivity contribution is 5.97. The van der Waals surface area contributed by atoms with Gasteiger partial charge >= 0.3 is 0 Å². The molecule has 0 spiro atoms. The summed E-state index contributed by atoms with van der Waals surface area (Å²) < 4.78 is 13.0. The highest BCUT2D eigenvalue weighted by Gasteiger charge is 2.08. The number of benzene rings is 3. The van der Waals surface area contributed by atoms with E-state index in [1.165, 1.54) is 12.1 Å². The summed E-state index contributed by atoms with van der Waals surface area (Å²) in [7, 11) is 0. The molecule has 1 heterocycles. The predicted octanol–water partition coefficient (Wildman–Crippen LogP) is 5.16. The minimum Gasteiger partial charge on any atom is -0.361 e. The first-order valence-electron chi connectivity index (χ1n) is 8.40. The van der Waals surface area contributed by atoms with Crippen LogP contribution in [0.2, 0.25) is 0 Å². The molecular weight excluding hydrogens is 327 g/mol. The molecule has 0 aliphatic carbocycles. The van der Waals surface area contributed by atoms with Crippen LogP contribution in [0.5, 0.6) is 0 Å². The molecule has 0 unspecified atom stereocenters. The zero-order valence-electron chi connectivity index (χ0n) is 14.0. The Labute approximate surface area is 150 Å². The lowest BCUT2D eigenvalue weighted by molar-refractivity contribution is -0.115. The first-order chi connectivity index (χ1) is 12.7.